The van der Waals surface area contributed by atoms with Crippen LogP contribution in [0.15, 0.2) is 17.5 Å². The molecule has 0 radical (unpaired) electrons. The van der Waals surface area contributed by atoms with E-state index < -0.39 is 0 Å². The third-order valence-corrected chi connectivity index (χ3v) is 4.92. The molecule has 21 heavy (non-hydrogen) atoms. The average Bonchev–Trinajstić information content (AvgIpc) is 2.87. The standard InChI is InChI=1S/C16H27N3OS/c1-11(2)16(14-5-4-6-21-14)18-15(20)10-19-8-12(3)7-13(17)9-19/h4-6,11-13,16H,7-10,17H2,1-3H3,(H,18,20). The molecule has 2 rings (SSSR count). The highest BCUT2D eigenvalue weighted by molar-refractivity contribution is 7.10. The van der Waals surface area contributed by atoms with E-state index in [0.29, 0.717) is 18.4 Å². The second-order valence-corrected chi connectivity index (χ2v) is 7.58. The van der Waals surface area contributed by atoms with Crippen molar-refractivity contribution in [2.75, 3.05) is 19.6 Å². The smallest absolute Gasteiger partial charge is 0.234 e. The molecule has 3 N–H and O–H groups in total. The zero-order chi connectivity index (χ0) is 15.4. The normalized spacial score (nSPS) is 25.0. The summed E-state index contributed by atoms with van der Waals surface area (Å²) >= 11 is 1.70. The van der Waals surface area contributed by atoms with Gasteiger partial charge in [0.05, 0.1) is 12.6 Å². The Balaban J connectivity index is 1.91. The topological polar surface area (TPSA) is 58.4 Å². The van der Waals surface area contributed by atoms with Crippen LogP contribution < -0.4 is 11.1 Å². The first kappa shape index (κ1) is 16.5. The Kier molecular flexibility index (Phi) is 5.79. The molecule has 1 saturated heterocycles. The number of rotatable bonds is 5. The quantitative estimate of drug-likeness (QED) is 0.877. The van der Waals surface area contributed by atoms with Crippen molar-refractivity contribution >= 4 is 17.2 Å². The Labute approximate surface area is 131 Å². The Bertz CT molecular complexity index is 436. The first-order chi connectivity index (χ1) is 9.95. The number of thiophene rings is 1. The summed E-state index contributed by atoms with van der Waals surface area (Å²) < 4.78 is 0. The number of hydrogen-bond donors (Lipinski definition) is 2. The monoisotopic (exact) mass is 309 g/mol. The van der Waals surface area contributed by atoms with Gasteiger partial charge in [-0.3, -0.25) is 9.69 Å². The van der Waals surface area contributed by atoms with Gasteiger partial charge < -0.3 is 11.1 Å². The first-order valence-electron chi connectivity index (χ1n) is 7.76. The second-order valence-electron chi connectivity index (χ2n) is 6.60. The highest BCUT2D eigenvalue weighted by atomic mass is 32.1. The van der Waals surface area contributed by atoms with Gasteiger partial charge in [0.15, 0.2) is 0 Å². The van der Waals surface area contributed by atoms with Crippen LogP contribution in [-0.4, -0.2) is 36.5 Å². The molecule has 1 aromatic rings. The SMILES string of the molecule is CC1CC(N)CN(CC(=O)NC(c2cccs2)C(C)C)C1. The van der Waals surface area contributed by atoms with E-state index in [1.54, 1.807) is 11.3 Å². The van der Waals surface area contributed by atoms with E-state index in [9.17, 15) is 4.79 Å². The molecule has 1 aromatic heterocycles. The predicted molar refractivity (Wildman–Crippen MR) is 88.2 cm³/mol. The molecule has 2 heterocycles. The van der Waals surface area contributed by atoms with Crippen LogP contribution in [-0.2, 0) is 4.79 Å². The van der Waals surface area contributed by atoms with Gasteiger partial charge in [0.2, 0.25) is 5.91 Å². The lowest BCUT2D eigenvalue weighted by atomic mass is 9.96. The van der Waals surface area contributed by atoms with Crippen molar-refractivity contribution in [2.24, 2.45) is 17.6 Å². The third-order valence-electron chi connectivity index (χ3n) is 3.97. The van der Waals surface area contributed by atoms with Crippen LogP contribution in [0.3, 0.4) is 0 Å². The van der Waals surface area contributed by atoms with Crippen LogP contribution >= 0.6 is 11.3 Å². The van der Waals surface area contributed by atoms with Crippen LogP contribution in [0.4, 0.5) is 0 Å². The fourth-order valence-corrected chi connectivity index (χ4v) is 4.05. The highest BCUT2D eigenvalue weighted by Gasteiger charge is 2.25. The number of nitrogens with one attached hydrogen (secondary N) is 1. The molecular weight excluding hydrogens is 282 g/mol. The molecular formula is C16H27N3OS. The van der Waals surface area contributed by atoms with Crippen molar-refractivity contribution in [2.45, 2.75) is 39.3 Å². The summed E-state index contributed by atoms with van der Waals surface area (Å²) in [6, 6.07) is 4.43. The third kappa shape index (κ3) is 4.80. The Hall–Kier alpha value is -0.910. The minimum atomic E-state index is 0.100. The average molecular weight is 309 g/mol. The second kappa shape index (κ2) is 7.38. The van der Waals surface area contributed by atoms with Crippen LogP contribution in [0.2, 0.25) is 0 Å². The summed E-state index contributed by atoms with van der Waals surface area (Å²) in [6.45, 7) is 8.72. The zero-order valence-electron chi connectivity index (χ0n) is 13.2. The van der Waals surface area contributed by atoms with Crippen molar-refractivity contribution < 1.29 is 4.79 Å². The molecule has 3 unspecified atom stereocenters. The Morgan fingerprint density at radius 2 is 2.29 bits per heavy atom. The lowest BCUT2D eigenvalue weighted by Gasteiger charge is -2.34. The maximum atomic E-state index is 12.3. The maximum Gasteiger partial charge on any atom is 0.234 e. The van der Waals surface area contributed by atoms with Crippen molar-refractivity contribution in [1.82, 2.24) is 10.2 Å². The molecule has 0 aliphatic carbocycles. The maximum absolute atomic E-state index is 12.3. The fraction of sp³-hybridized carbons (Fsp3) is 0.688. The number of hydrogen-bond acceptors (Lipinski definition) is 4. The fourth-order valence-electron chi connectivity index (χ4n) is 3.10. The molecule has 1 amide bonds. The van der Waals surface area contributed by atoms with E-state index in [1.807, 2.05) is 6.07 Å². The van der Waals surface area contributed by atoms with Crippen LogP contribution in [0, 0.1) is 11.8 Å². The van der Waals surface area contributed by atoms with Gasteiger partial charge in [-0.15, -0.1) is 11.3 Å². The highest BCUT2D eigenvalue weighted by Crippen LogP contribution is 2.25. The van der Waals surface area contributed by atoms with Crippen molar-refractivity contribution in [3.05, 3.63) is 22.4 Å². The van der Waals surface area contributed by atoms with Gasteiger partial charge in [-0.2, -0.15) is 0 Å². The molecule has 0 spiro atoms. The van der Waals surface area contributed by atoms with Crippen molar-refractivity contribution in [1.29, 1.82) is 0 Å². The van der Waals surface area contributed by atoms with Crippen LogP contribution in [0.5, 0.6) is 0 Å². The van der Waals surface area contributed by atoms with Gasteiger partial charge in [0, 0.05) is 24.0 Å². The number of nitrogens with two attached hydrogens (primary N) is 1. The Morgan fingerprint density at radius 3 is 2.86 bits per heavy atom. The molecule has 0 aromatic carbocycles. The van der Waals surface area contributed by atoms with Crippen LogP contribution in [0.25, 0.3) is 0 Å². The number of carbonyl (C=O) groups excluding carboxylic acids is 1. The molecule has 1 fully saturated rings. The minimum absolute atomic E-state index is 0.100. The van der Waals surface area contributed by atoms with E-state index >= 15 is 0 Å². The lowest BCUT2D eigenvalue weighted by molar-refractivity contribution is -0.123. The number of nitrogens with zero attached hydrogens (tertiary/aromatic N) is 1. The molecule has 3 atom stereocenters. The van der Waals surface area contributed by atoms with E-state index in [1.165, 1.54) is 4.88 Å². The minimum Gasteiger partial charge on any atom is -0.347 e. The van der Waals surface area contributed by atoms with E-state index in [4.69, 9.17) is 5.73 Å². The van der Waals surface area contributed by atoms with Gasteiger partial charge in [-0.1, -0.05) is 26.8 Å². The van der Waals surface area contributed by atoms with Gasteiger partial charge in [-0.05, 0) is 29.7 Å². The molecule has 0 saturated carbocycles. The number of amides is 1. The van der Waals surface area contributed by atoms with Gasteiger partial charge in [-0.25, -0.2) is 0 Å². The summed E-state index contributed by atoms with van der Waals surface area (Å²) in [5, 5.41) is 5.24. The van der Waals surface area contributed by atoms with Crippen LogP contribution in [0.1, 0.15) is 38.1 Å². The largest absolute Gasteiger partial charge is 0.347 e. The molecule has 1 aliphatic heterocycles. The summed E-state index contributed by atoms with van der Waals surface area (Å²) in [5.74, 6) is 1.05. The van der Waals surface area contributed by atoms with E-state index in [2.05, 4.69) is 42.4 Å². The summed E-state index contributed by atoms with van der Waals surface area (Å²) in [7, 11) is 0. The number of carbonyl (C=O) groups is 1. The van der Waals surface area contributed by atoms with E-state index in [-0.39, 0.29) is 18.0 Å². The first-order valence-corrected chi connectivity index (χ1v) is 8.64. The molecule has 1 aliphatic rings. The van der Waals surface area contributed by atoms with Crippen molar-refractivity contribution in [3.63, 3.8) is 0 Å². The van der Waals surface area contributed by atoms with Gasteiger partial charge in [0.25, 0.3) is 0 Å². The van der Waals surface area contributed by atoms with Crippen molar-refractivity contribution in [3.8, 4) is 0 Å². The van der Waals surface area contributed by atoms with Gasteiger partial charge in [0.1, 0.15) is 0 Å². The van der Waals surface area contributed by atoms with Gasteiger partial charge >= 0.3 is 0 Å². The summed E-state index contributed by atoms with van der Waals surface area (Å²) in [4.78, 5) is 15.8. The lowest BCUT2D eigenvalue weighted by Crippen LogP contribution is -2.50. The zero-order valence-corrected chi connectivity index (χ0v) is 14.0. The molecule has 5 heteroatoms. The summed E-state index contributed by atoms with van der Waals surface area (Å²) in [6.07, 6.45) is 1.06. The molecule has 118 valence electrons. The summed E-state index contributed by atoms with van der Waals surface area (Å²) in [5.41, 5.74) is 6.05. The number of piperidine rings is 1. The number of likely N-dealkylation sites (tertiary alicyclic amines) is 1. The van der Waals surface area contributed by atoms with E-state index in [0.717, 1.165) is 19.5 Å². The molecule has 4 nitrogen and oxygen atoms in total. The molecule has 0 bridgehead atoms. The Morgan fingerprint density at radius 1 is 1.52 bits per heavy atom. The predicted octanol–water partition coefficient (Wildman–Crippen LogP) is 2.23.